The summed E-state index contributed by atoms with van der Waals surface area (Å²) in [7, 11) is -0.940. The van der Waals surface area contributed by atoms with Crippen LogP contribution in [0.4, 0.5) is 0 Å². The normalized spacial score (nSPS) is 30.8. The Kier molecular flexibility index (Phi) is 4.27. The lowest BCUT2D eigenvalue weighted by molar-refractivity contribution is -0.131. The van der Waals surface area contributed by atoms with Crippen LogP contribution in [0.1, 0.15) is 19.3 Å². The minimum absolute atomic E-state index is 0.0471. The van der Waals surface area contributed by atoms with Gasteiger partial charge in [-0.15, -0.1) is 0 Å². The first-order valence-corrected chi connectivity index (χ1v) is 8.45. The summed E-state index contributed by atoms with van der Waals surface area (Å²) in [5, 5.41) is 3.14. The van der Waals surface area contributed by atoms with Gasteiger partial charge in [0.05, 0.1) is 11.5 Å². The molecule has 0 aliphatic carbocycles. The zero-order valence-corrected chi connectivity index (χ0v) is 11.7. The Morgan fingerprint density at radius 2 is 2.11 bits per heavy atom. The average molecular weight is 274 g/mol. The fourth-order valence-electron chi connectivity index (χ4n) is 2.92. The van der Waals surface area contributed by atoms with E-state index in [9.17, 15) is 13.2 Å². The highest BCUT2D eigenvalue weighted by Gasteiger charge is 2.32. The topological polar surface area (TPSA) is 66.5 Å². The number of nitrogens with one attached hydrogen (secondary N) is 1. The van der Waals surface area contributed by atoms with Crippen LogP contribution in [0.15, 0.2) is 0 Å². The number of rotatable bonds is 4. The van der Waals surface area contributed by atoms with Gasteiger partial charge < -0.3 is 10.2 Å². The molecule has 1 N–H and O–H groups in total. The predicted octanol–water partition coefficient (Wildman–Crippen LogP) is -0.121. The molecule has 2 unspecified atom stereocenters. The van der Waals surface area contributed by atoms with Crippen molar-refractivity contribution in [3.05, 3.63) is 0 Å². The molecule has 0 spiro atoms. The van der Waals surface area contributed by atoms with E-state index < -0.39 is 9.84 Å². The van der Waals surface area contributed by atoms with Crippen LogP contribution in [0.3, 0.4) is 0 Å². The van der Waals surface area contributed by atoms with Crippen molar-refractivity contribution in [1.29, 1.82) is 0 Å². The van der Waals surface area contributed by atoms with Gasteiger partial charge in [-0.2, -0.15) is 0 Å². The number of hydrogen-bond acceptors (Lipinski definition) is 4. The molecule has 0 aromatic rings. The number of amides is 1. The van der Waals surface area contributed by atoms with E-state index in [1.807, 2.05) is 11.9 Å². The minimum Gasteiger partial charge on any atom is -0.342 e. The largest absolute Gasteiger partial charge is 0.342 e. The molecule has 6 heteroatoms. The molecule has 2 rings (SSSR count). The maximum atomic E-state index is 12.1. The van der Waals surface area contributed by atoms with Crippen molar-refractivity contribution in [3.63, 3.8) is 0 Å². The molecule has 5 nitrogen and oxygen atoms in total. The Morgan fingerprint density at radius 3 is 2.72 bits per heavy atom. The van der Waals surface area contributed by atoms with Crippen LogP contribution < -0.4 is 5.32 Å². The van der Waals surface area contributed by atoms with Gasteiger partial charge in [-0.25, -0.2) is 8.42 Å². The Bertz CT molecular complexity index is 408. The zero-order chi connectivity index (χ0) is 13.2. The van der Waals surface area contributed by atoms with E-state index in [0.29, 0.717) is 18.8 Å². The molecule has 104 valence electrons. The number of hydrogen-bond donors (Lipinski definition) is 1. The summed E-state index contributed by atoms with van der Waals surface area (Å²) in [6.45, 7) is 2.59. The molecular formula is C12H22N2O3S. The van der Waals surface area contributed by atoms with Gasteiger partial charge in [0, 0.05) is 19.5 Å². The predicted molar refractivity (Wildman–Crippen MR) is 70.0 cm³/mol. The van der Waals surface area contributed by atoms with Crippen LogP contribution in [0.2, 0.25) is 0 Å². The molecule has 2 fully saturated rings. The quantitative estimate of drug-likeness (QED) is 0.776. The summed E-state index contributed by atoms with van der Waals surface area (Å²) in [5.74, 6) is 1.19. The highest BCUT2D eigenvalue weighted by Crippen LogP contribution is 2.24. The van der Waals surface area contributed by atoms with Crippen molar-refractivity contribution in [3.8, 4) is 0 Å². The van der Waals surface area contributed by atoms with Crippen LogP contribution in [0, 0.1) is 11.8 Å². The van der Waals surface area contributed by atoms with Crippen molar-refractivity contribution in [1.82, 2.24) is 10.2 Å². The Labute approximate surface area is 109 Å². The number of sulfone groups is 1. The summed E-state index contributed by atoms with van der Waals surface area (Å²) in [5.41, 5.74) is 0. The van der Waals surface area contributed by atoms with Gasteiger partial charge in [0.2, 0.25) is 5.91 Å². The van der Waals surface area contributed by atoms with Gasteiger partial charge in [0.15, 0.2) is 9.84 Å². The van der Waals surface area contributed by atoms with Crippen LogP contribution in [0.5, 0.6) is 0 Å². The number of carbonyl (C=O) groups excluding carboxylic acids is 1. The van der Waals surface area contributed by atoms with E-state index in [1.165, 1.54) is 0 Å². The number of nitrogens with zero attached hydrogens (tertiary/aromatic N) is 1. The highest BCUT2D eigenvalue weighted by molar-refractivity contribution is 7.91. The second-order valence-electron chi connectivity index (χ2n) is 5.53. The molecule has 0 radical (unpaired) electrons. The van der Waals surface area contributed by atoms with Crippen molar-refractivity contribution >= 4 is 15.7 Å². The lowest BCUT2D eigenvalue weighted by Crippen LogP contribution is -2.31. The van der Waals surface area contributed by atoms with E-state index in [2.05, 4.69) is 5.32 Å². The summed E-state index contributed by atoms with van der Waals surface area (Å²) in [6.07, 6.45) is 2.11. The van der Waals surface area contributed by atoms with Gasteiger partial charge >= 0.3 is 0 Å². The monoisotopic (exact) mass is 274 g/mol. The van der Waals surface area contributed by atoms with Crippen LogP contribution in [-0.2, 0) is 14.6 Å². The van der Waals surface area contributed by atoms with Gasteiger partial charge in [0.1, 0.15) is 0 Å². The smallest absolute Gasteiger partial charge is 0.222 e. The summed E-state index contributed by atoms with van der Waals surface area (Å²) in [6, 6.07) is 0. The SMILES string of the molecule is CNCC1CCN(C(=O)CC2CCS(=O)(=O)C2)C1. The van der Waals surface area contributed by atoms with Crippen LogP contribution >= 0.6 is 0 Å². The molecule has 0 bridgehead atoms. The molecule has 1 amide bonds. The molecule has 2 aliphatic heterocycles. The average Bonchev–Trinajstić information content (AvgIpc) is 2.86. The standard InChI is InChI=1S/C12H22N2O3S/c1-13-7-11-2-4-14(8-11)12(15)6-10-3-5-18(16,17)9-10/h10-11,13H,2-9H2,1H3. The molecule has 2 saturated heterocycles. The molecule has 18 heavy (non-hydrogen) atoms. The lowest BCUT2D eigenvalue weighted by Gasteiger charge is -2.18. The summed E-state index contributed by atoms with van der Waals surface area (Å²) < 4.78 is 22.7. The summed E-state index contributed by atoms with van der Waals surface area (Å²) in [4.78, 5) is 14.0. The first-order valence-electron chi connectivity index (χ1n) is 6.63. The highest BCUT2D eigenvalue weighted by atomic mass is 32.2. The third-order valence-electron chi connectivity index (χ3n) is 3.92. The fraction of sp³-hybridized carbons (Fsp3) is 0.917. The van der Waals surface area contributed by atoms with E-state index in [-0.39, 0.29) is 23.3 Å². The first-order chi connectivity index (χ1) is 8.50. The molecule has 0 aromatic carbocycles. The van der Waals surface area contributed by atoms with Gasteiger partial charge in [-0.3, -0.25) is 4.79 Å². The van der Waals surface area contributed by atoms with Crippen LogP contribution in [0.25, 0.3) is 0 Å². The van der Waals surface area contributed by atoms with Gasteiger partial charge in [0.25, 0.3) is 0 Å². The Hall–Kier alpha value is -0.620. The zero-order valence-electron chi connectivity index (χ0n) is 10.9. The molecule has 0 aromatic heterocycles. The molecule has 2 atom stereocenters. The Balaban J connectivity index is 1.79. The third-order valence-corrected chi connectivity index (χ3v) is 5.76. The second-order valence-corrected chi connectivity index (χ2v) is 7.75. The van der Waals surface area contributed by atoms with Crippen molar-refractivity contribution in [2.45, 2.75) is 19.3 Å². The van der Waals surface area contributed by atoms with Gasteiger partial charge in [-0.05, 0) is 38.3 Å². The number of likely N-dealkylation sites (tertiary alicyclic amines) is 1. The van der Waals surface area contributed by atoms with Gasteiger partial charge in [-0.1, -0.05) is 0 Å². The maximum Gasteiger partial charge on any atom is 0.222 e. The maximum absolute atomic E-state index is 12.1. The molecular weight excluding hydrogens is 252 g/mol. The first kappa shape index (κ1) is 13.8. The second kappa shape index (κ2) is 5.57. The Morgan fingerprint density at radius 1 is 1.33 bits per heavy atom. The third kappa shape index (κ3) is 3.45. The van der Waals surface area contributed by atoms with E-state index in [1.54, 1.807) is 0 Å². The molecule has 2 aliphatic rings. The van der Waals surface area contributed by atoms with Crippen molar-refractivity contribution in [2.24, 2.45) is 11.8 Å². The lowest BCUT2D eigenvalue weighted by atomic mass is 10.0. The van der Waals surface area contributed by atoms with E-state index in [0.717, 1.165) is 26.1 Å². The summed E-state index contributed by atoms with van der Waals surface area (Å²) >= 11 is 0. The molecule has 2 heterocycles. The number of carbonyl (C=O) groups is 1. The van der Waals surface area contributed by atoms with E-state index in [4.69, 9.17) is 0 Å². The van der Waals surface area contributed by atoms with Crippen molar-refractivity contribution < 1.29 is 13.2 Å². The van der Waals surface area contributed by atoms with Crippen molar-refractivity contribution in [2.75, 3.05) is 38.2 Å². The fourth-order valence-corrected chi connectivity index (χ4v) is 4.79. The van der Waals surface area contributed by atoms with Crippen LogP contribution in [-0.4, -0.2) is 57.4 Å². The van der Waals surface area contributed by atoms with E-state index >= 15 is 0 Å². The minimum atomic E-state index is -2.86. The molecule has 0 saturated carbocycles.